The van der Waals surface area contributed by atoms with E-state index in [4.69, 9.17) is 0 Å². The molecule has 0 atom stereocenters. The zero-order valence-corrected chi connectivity index (χ0v) is 15.0. The number of rotatable bonds is 4. The van der Waals surface area contributed by atoms with Gasteiger partial charge in [-0.05, 0) is 37.5 Å². The monoisotopic (exact) mass is 344 g/mol. The number of benzene rings is 1. The second kappa shape index (κ2) is 8.23. The maximum atomic E-state index is 12.3. The summed E-state index contributed by atoms with van der Waals surface area (Å²) >= 11 is 0. The molecule has 1 aromatic carbocycles. The van der Waals surface area contributed by atoms with Crippen molar-refractivity contribution in [3.8, 4) is 0 Å². The lowest BCUT2D eigenvalue weighted by Gasteiger charge is -2.36. The van der Waals surface area contributed by atoms with Crippen LogP contribution in [0.15, 0.2) is 24.3 Å². The van der Waals surface area contributed by atoms with E-state index in [1.807, 2.05) is 9.80 Å². The maximum absolute atomic E-state index is 12.3. The van der Waals surface area contributed by atoms with Crippen LogP contribution in [0.4, 0.5) is 10.5 Å². The van der Waals surface area contributed by atoms with Gasteiger partial charge in [0.2, 0.25) is 5.91 Å². The van der Waals surface area contributed by atoms with Gasteiger partial charge in [-0.3, -0.25) is 4.79 Å². The summed E-state index contributed by atoms with van der Waals surface area (Å²) in [4.78, 5) is 30.3. The number of likely N-dealkylation sites (tertiary alicyclic amines) is 1. The molecule has 0 radical (unpaired) electrons. The average molecular weight is 344 g/mol. The standard InChI is InChI=1S/C19H28N4O2/c1-16-5-4-6-17(15-16)21-11-13-23(14-12-21)19(25)20-8-7-18(24)22-9-2-3-10-22/h4-6,15H,2-3,7-14H2,1H3,(H,20,25). The summed E-state index contributed by atoms with van der Waals surface area (Å²) in [6.45, 7) is 7.34. The second-order valence-corrected chi connectivity index (χ2v) is 6.88. The van der Waals surface area contributed by atoms with E-state index in [0.717, 1.165) is 39.0 Å². The molecule has 25 heavy (non-hydrogen) atoms. The molecule has 0 bridgehead atoms. The number of carbonyl (C=O) groups excluding carboxylic acids is 2. The molecular formula is C19H28N4O2. The maximum Gasteiger partial charge on any atom is 0.317 e. The Kier molecular flexibility index (Phi) is 5.79. The topological polar surface area (TPSA) is 55.9 Å². The molecule has 2 aliphatic heterocycles. The summed E-state index contributed by atoms with van der Waals surface area (Å²) in [5.41, 5.74) is 2.47. The molecule has 0 aliphatic carbocycles. The number of piperazine rings is 1. The predicted octanol–water partition coefficient (Wildman–Crippen LogP) is 1.84. The van der Waals surface area contributed by atoms with E-state index < -0.39 is 0 Å². The number of urea groups is 1. The van der Waals surface area contributed by atoms with Crippen LogP contribution in [0.1, 0.15) is 24.8 Å². The van der Waals surface area contributed by atoms with Crippen molar-refractivity contribution in [3.63, 3.8) is 0 Å². The Morgan fingerprint density at radius 2 is 1.72 bits per heavy atom. The largest absolute Gasteiger partial charge is 0.368 e. The van der Waals surface area contributed by atoms with Crippen molar-refractivity contribution in [1.29, 1.82) is 0 Å². The van der Waals surface area contributed by atoms with Crippen LogP contribution in [0.25, 0.3) is 0 Å². The van der Waals surface area contributed by atoms with Crippen LogP contribution in [-0.2, 0) is 4.79 Å². The number of amides is 3. The average Bonchev–Trinajstić information content (AvgIpc) is 3.16. The first-order chi connectivity index (χ1) is 12.1. The van der Waals surface area contributed by atoms with Gasteiger partial charge in [0, 0.05) is 57.9 Å². The molecule has 2 heterocycles. The van der Waals surface area contributed by atoms with E-state index in [9.17, 15) is 9.59 Å². The summed E-state index contributed by atoms with van der Waals surface area (Å²) in [7, 11) is 0. The molecule has 1 N–H and O–H groups in total. The van der Waals surface area contributed by atoms with Gasteiger partial charge >= 0.3 is 6.03 Å². The van der Waals surface area contributed by atoms with Crippen LogP contribution in [0.5, 0.6) is 0 Å². The number of nitrogens with one attached hydrogen (secondary N) is 1. The molecule has 136 valence electrons. The van der Waals surface area contributed by atoms with Crippen LogP contribution in [0.3, 0.4) is 0 Å². The van der Waals surface area contributed by atoms with Crippen LogP contribution in [-0.4, -0.2) is 67.6 Å². The van der Waals surface area contributed by atoms with E-state index in [1.165, 1.54) is 11.3 Å². The first-order valence-electron chi connectivity index (χ1n) is 9.25. The molecule has 3 amide bonds. The SMILES string of the molecule is Cc1cccc(N2CCN(C(=O)NCCC(=O)N3CCCC3)CC2)c1. The van der Waals surface area contributed by atoms with Crippen LogP contribution in [0.2, 0.25) is 0 Å². The van der Waals surface area contributed by atoms with Crippen LogP contribution < -0.4 is 10.2 Å². The number of hydrogen-bond donors (Lipinski definition) is 1. The van der Waals surface area contributed by atoms with Crippen LogP contribution >= 0.6 is 0 Å². The summed E-state index contributed by atoms with van der Waals surface area (Å²) < 4.78 is 0. The highest BCUT2D eigenvalue weighted by Crippen LogP contribution is 2.17. The van der Waals surface area contributed by atoms with E-state index in [0.29, 0.717) is 26.1 Å². The first-order valence-corrected chi connectivity index (χ1v) is 9.25. The van der Waals surface area contributed by atoms with E-state index in [2.05, 4.69) is 41.4 Å². The summed E-state index contributed by atoms with van der Waals surface area (Å²) in [5, 5.41) is 2.89. The van der Waals surface area contributed by atoms with Gasteiger partial charge in [-0.1, -0.05) is 12.1 Å². The van der Waals surface area contributed by atoms with E-state index in [-0.39, 0.29) is 11.9 Å². The zero-order valence-electron chi connectivity index (χ0n) is 15.0. The molecule has 0 spiro atoms. The third kappa shape index (κ3) is 4.65. The summed E-state index contributed by atoms with van der Waals surface area (Å²) in [5.74, 6) is 0.155. The quantitative estimate of drug-likeness (QED) is 0.907. The van der Waals surface area contributed by atoms with Crippen molar-refractivity contribution >= 4 is 17.6 Å². The lowest BCUT2D eigenvalue weighted by atomic mass is 10.2. The third-order valence-electron chi connectivity index (χ3n) is 5.01. The number of nitrogens with zero attached hydrogens (tertiary/aromatic N) is 3. The van der Waals surface area contributed by atoms with E-state index in [1.54, 1.807) is 0 Å². The minimum absolute atomic E-state index is 0.0573. The summed E-state index contributed by atoms with van der Waals surface area (Å²) in [6, 6.07) is 8.41. The van der Waals surface area contributed by atoms with Crippen molar-refractivity contribution in [2.45, 2.75) is 26.2 Å². The first kappa shape index (κ1) is 17.6. The second-order valence-electron chi connectivity index (χ2n) is 6.88. The number of hydrogen-bond acceptors (Lipinski definition) is 3. The van der Waals surface area contributed by atoms with Crippen molar-refractivity contribution in [2.24, 2.45) is 0 Å². The van der Waals surface area contributed by atoms with Gasteiger partial charge in [0.1, 0.15) is 0 Å². The number of anilines is 1. The molecule has 0 unspecified atom stereocenters. The highest BCUT2D eigenvalue weighted by Gasteiger charge is 2.22. The van der Waals surface area contributed by atoms with Crippen LogP contribution in [0, 0.1) is 6.92 Å². The van der Waals surface area contributed by atoms with Crippen molar-refractivity contribution in [1.82, 2.24) is 15.1 Å². The van der Waals surface area contributed by atoms with Gasteiger partial charge in [-0.15, -0.1) is 0 Å². The Morgan fingerprint density at radius 1 is 1.00 bits per heavy atom. The molecule has 3 rings (SSSR count). The minimum atomic E-state index is -0.0573. The fourth-order valence-corrected chi connectivity index (χ4v) is 3.51. The van der Waals surface area contributed by atoms with Gasteiger partial charge in [0.15, 0.2) is 0 Å². The van der Waals surface area contributed by atoms with Crippen molar-refractivity contribution in [3.05, 3.63) is 29.8 Å². The van der Waals surface area contributed by atoms with Gasteiger partial charge in [0.25, 0.3) is 0 Å². The molecule has 6 heteroatoms. The Hall–Kier alpha value is -2.24. The number of carbonyl (C=O) groups is 2. The number of aryl methyl sites for hydroxylation is 1. The molecule has 2 fully saturated rings. The predicted molar refractivity (Wildman–Crippen MR) is 98.8 cm³/mol. The fraction of sp³-hybridized carbons (Fsp3) is 0.579. The highest BCUT2D eigenvalue weighted by atomic mass is 16.2. The molecule has 1 aromatic rings. The van der Waals surface area contributed by atoms with Crippen molar-refractivity contribution in [2.75, 3.05) is 50.7 Å². The Bertz CT molecular complexity index is 605. The Labute approximate surface area is 149 Å². The molecule has 2 saturated heterocycles. The van der Waals surface area contributed by atoms with Gasteiger partial charge in [-0.2, -0.15) is 0 Å². The van der Waals surface area contributed by atoms with Gasteiger partial charge < -0.3 is 20.0 Å². The Balaban J connectivity index is 1.38. The molecule has 2 aliphatic rings. The zero-order chi connectivity index (χ0) is 17.6. The van der Waals surface area contributed by atoms with Gasteiger partial charge in [0.05, 0.1) is 0 Å². The molecule has 0 aromatic heterocycles. The van der Waals surface area contributed by atoms with Gasteiger partial charge in [-0.25, -0.2) is 4.79 Å². The normalized spacial score (nSPS) is 17.7. The Morgan fingerprint density at radius 3 is 2.40 bits per heavy atom. The highest BCUT2D eigenvalue weighted by molar-refractivity contribution is 5.78. The third-order valence-corrected chi connectivity index (χ3v) is 5.01. The molecular weight excluding hydrogens is 316 g/mol. The molecule has 6 nitrogen and oxygen atoms in total. The fourth-order valence-electron chi connectivity index (χ4n) is 3.51. The van der Waals surface area contributed by atoms with E-state index >= 15 is 0 Å². The summed E-state index contributed by atoms with van der Waals surface area (Å²) in [6.07, 6.45) is 2.60. The lowest BCUT2D eigenvalue weighted by Crippen LogP contribution is -2.52. The smallest absolute Gasteiger partial charge is 0.317 e. The van der Waals surface area contributed by atoms with Crippen molar-refractivity contribution < 1.29 is 9.59 Å². The molecule has 0 saturated carbocycles. The minimum Gasteiger partial charge on any atom is -0.368 e. The lowest BCUT2D eigenvalue weighted by molar-refractivity contribution is -0.129.